The minimum Gasteiger partial charge on any atom is -0.384 e. The maximum Gasteiger partial charge on any atom is 0.261 e. The van der Waals surface area contributed by atoms with E-state index in [1.807, 2.05) is 54.9 Å². The van der Waals surface area contributed by atoms with E-state index in [9.17, 15) is 9.18 Å². The minimum atomic E-state index is -0.357. The highest BCUT2D eigenvalue weighted by Gasteiger charge is 2.10. The minimum absolute atomic E-state index is 0.173. The number of benzene rings is 3. The summed E-state index contributed by atoms with van der Waals surface area (Å²) >= 11 is 0. The van der Waals surface area contributed by atoms with Gasteiger partial charge in [-0.3, -0.25) is 4.79 Å². The van der Waals surface area contributed by atoms with E-state index in [2.05, 4.69) is 20.0 Å². The molecule has 8 heteroatoms. The zero-order valence-electron chi connectivity index (χ0n) is 18.1. The van der Waals surface area contributed by atoms with Gasteiger partial charge in [-0.25, -0.2) is 9.37 Å². The molecular formula is C25H24FN5O2. The van der Waals surface area contributed by atoms with Crippen LogP contribution >= 0.6 is 0 Å². The molecule has 3 aromatic carbocycles. The third-order valence-corrected chi connectivity index (χ3v) is 5.21. The Bertz CT molecular complexity index is 1280. The van der Waals surface area contributed by atoms with Crippen LogP contribution in [0, 0.1) is 5.82 Å². The molecule has 0 fully saturated rings. The number of para-hydroxylation sites is 2. The molecule has 1 amide bonds. The fourth-order valence-corrected chi connectivity index (χ4v) is 3.49. The molecule has 0 saturated carbocycles. The summed E-state index contributed by atoms with van der Waals surface area (Å²) in [6.45, 7) is 2.15. The zero-order valence-corrected chi connectivity index (χ0v) is 18.1. The van der Waals surface area contributed by atoms with E-state index in [1.165, 1.54) is 12.1 Å². The lowest BCUT2D eigenvalue weighted by Crippen LogP contribution is -2.30. The van der Waals surface area contributed by atoms with Crippen molar-refractivity contribution in [2.24, 2.45) is 10.9 Å². The number of halogens is 1. The number of carbonyl (C=O) groups is 1. The lowest BCUT2D eigenvalue weighted by atomic mass is 10.1. The fraction of sp³-hybridized carbons (Fsp3) is 0.160. The molecule has 33 heavy (non-hydrogen) atoms. The van der Waals surface area contributed by atoms with Gasteiger partial charge in [-0.2, -0.15) is 0 Å². The van der Waals surface area contributed by atoms with Crippen molar-refractivity contribution in [3.8, 4) is 0 Å². The van der Waals surface area contributed by atoms with Crippen molar-refractivity contribution in [2.75, 3.05) is 6.61 Å². The molecule has 0 radical (unpaired) electrons. The first-order chi connectivity index (χ1) is 16.0. The van der Waals surface area contributed by atoms with E-state index in [4.69, 9.17) is 10.6 Å². The second-order valence-corrected chi connectivity index (χ2v) is 7.65. The van der Waals surface area contributed by atoms with Gasteiger partial charge in [0.05, 0.1) is 23.4 Å². The first kappa shape index (κ1) is 22.0. The maximum absolute atomic E-state index is 13.0. The second-order valence-electron chi connectivity index (χ2n) is 7.65. The number of imidazole rings is 1. The van der Waals surface area contributed by atoms with Crippen LogP contribution in [-0.2, 0) is 16.2 Å². The smallest absolute Gasteiger partial charge is 0.261 e. The molecule has 168 valence electrons. The summed E-state index contributed by atoms with van der Waals surface area (Å²) < 4.78 is 15.1. The Morgan fingerprint density at radius 3 is 2.76 bits per heavy atom. The third kappa shape index (κ3) is 5.54. The van der Waals surface area contributed by atoms with Crippen molar-refractivity contribution in [1.29, 1.82) is 0 Å². The number of amidine groups is 1. The standard InChI is InChI=1S/C25H24FN5O2/c1-17(19-9-11-21(26)12-10-19)29-24(32)15-33-30-25(27)20-6-4-5-18(13-20)14-31-16-28-22-7-2-3-8-23(22)31/h2-13,16-17H,14-15H2,1H3,(H2,27,30)(H,29,32)/t17-/m1/s1. The van der Waals surface area contributed by atoms with Gasteiger partial charge in [-0.1, -0.05) is 47.6 Å². The van der Waals surface area contributed by atoms with Crippen LogP contribution in [0.4, 0.5) is 4.39 Å². The van der Waals surface area contributed by atoms with Crippen LogP contribution in [0.15, 0.2) is 84.3 Å². The van der Waals surface area contributed by atoms with Crippen LogP contribution < -0.4 is 11.1 Å². The lowest BCUT2D eigenvalue weighted by Gasteiger charge is -2.13. The number of fused-ring (bicyclic) bond motifs is 1. The van der Waals surface area contributed by atoms with Crippen molar-refractivity contribution in [2.45, 2.75) is 19.5 Å². The Kier molecular flexibility index (Phi) is 6.64. The molecule has 7 nitrogen and oxygen atoms in total. The number of hydrogen-bond acceptors (Lipinski definition) is 4. The Morgan fingerprint density at radius 2 is 1.94 bits per heavy atom. The summed E-state index contributed by atoms with van der Waals surface area (Å²) in [5.41, 5.74) is 10.6. The predicted molar refractivity (Wildman–Crippen MR) is 125 cm³/mol. The number of amides is 1. The van der Waals surface area contributed by atoms with Crippen LogP contribution in [0.1, 0.15) is 29.7 Å². The molecule has 0 aliphatic rings. The van der Waals surface area contributed by atoms with Crippen LogP contribution in [0.3, 0.4) is 0 Å². The van der Waals surface area contributed by atoms with E-state index in [1.54, 1.807) is 19.1 Å². The molecule has 0 aliphatic carbocycles. The second kappa shape index (κ2) is 9.95. The van der Waals surface area contributed by atoms with Gasteiger partial charge in [0.1, 0.15) is 5.82 Å². The van der Waals surface area contributed by atoms with Crippen LogP contribution in [0.5, 0.6) is 0 Å². The van der Waals surface area contributed by atoms with E-state index in [-0.39, 0.29) is 30.2 Å². The molecule has 0 aliphatic heterocycles. The molecule has 1 atom stereocenters. The largest absolute Gasteiger partial charge is 0.384 e. The molecule has 0 unspecified atom stereocenters. The monoisotopic (exact) mass is 445 g/mol. The summed E-state index contributed by atoms with van der Waals surface area (Å²) in [5.74, 6) is -0.510. The molecule has 0 saturated heterocycles. The molecule has 4 rings (SSSR count). The number of aromatic nitrogens is 2. The maximum atomic E-state index is 13.0. The highest BCUT2D eigenvalue weighted by Crippen LogP contribution is 2.15. The normalized spacial score (nSPS) is 12.5. The van der Waals surface area contributed by atoms with Gasteiger partial charge in [-0.05, 0) is 48.4 Å². The number of rotatable bonds is 8. The summed E-state index contributed by atoms with van der Waals surface area (Å²) in [6, 6.07) is 21.2. The van der Waals surface area contributed by atoms with Gasteiger partial charge in [-0.15, -0.1) is 0 Å². The summed E-state index contributed by atoms with van der Waals surface area (Å²) in [6.07, 6.45) is 1.81. The van der Waals surface area contributed by atoms with Crippen molar-refractivity contribution in [3.63, 3.8) is 0 Å². The Morgan fingerprint density at radius 1 is 1.15 bits per heavy atom. The van der Waals surface area contributed by atoms with Gasteiger partial charge in [0, 0.05) is 12.1 Å². The van der Waals surface area contributed by atoms with Gasteiger partial charge < -0.3 is 20.5 Å². The van der Waals surface area contributed by atoms with E-state index in [0.717, 1.165) is 22.2 Å². The van der Waals surface area contributed by atoms with Crippen LogP contribution in [-0.4, -0.2) is 27.9 Å². The molecule has 3 N–H and O–H groups in total. The average Bonchev–Trinajstić information content (AvgIpc) is 3.22. The van der Waals surface area contributed by atoms with Gasteiger partial charge in [0.25, 0.3) is 5.91 Å². The Balaban J connectivity index is 1.34. The molecule has 1 heterocycles. The summed E-state index contributed by atoms with van der Waals surface area (Å²) in [5, 5.41) is 6.65. The number of nitrogens with one attached hydrogen (secondary N) is 1. The Labute approximate surface area is 190 Å². The van der Waals surface area contributed by atoms with Gasteiger partial charge >= 0.3 is 0 Å². The zero-order chi connectivity index (χ0) is 23.2. The average molecular weight is 445 g/mol. The topological polar surface area (TPSA) is 94.5 Å². The van der Waals surface area contributed by atoms with Crippen LogP contribution in [0.25, 0.3) is 11.0 Å². The fourth-order valence-electron chi connectivity index (χ4n) is 3.49. The van der Waals surface area contributed by atoms with Crippen LogP contribution in [0.2, 0.25) is 0 Å². The lowest BCUT2D eigenvalue weighted by molar-refractivity contribution is -0.126. The number of nitrogens with zero attached hydrogens (tertiary/aromatic N) is 3. The van der Waals surface area contributed by atoms with E-state index >= 15 is 0 Å². The predicted octanol–water partition coefficient (Wildman–Crippen LogP) is 3.74. The number of oxime groups is 1. The molecule has 1 aromatic heterocycles. The molecule has 0 bridgehead atoms. The van der Waals surface area contributed by atoms with E-state index < -0.39 is 0 Å². The number of hydrogen-bond donors (Lipinski definition) is 2. The van der Waals surface area contributed by atoms with Crippen molar-refractivity contribution in [1.82, 2.24) is 14.9 Å². The van der Waals surface area contributed by atoms with Gasteiger partial charge in [0.2, 0.25) is 0 Å². The quantitative estimate of drug-likeness (QED) is 0.245. The number of nitrogens with two attached hydrogens (primary N) is 1. The molecule has 0 spiro atoms. The summed E-state index contributed by atoms with van der Waals surface area (Å²) in [4.78, 5) is 21.7. The molecule has 4 aromatic rings. The van der Waals surface area contributed by atoms with Crippen molar-refractivity contribution >= 4 is 22.8 Å². The van der Waals surface area contributed by atoms with E-state index in [0.29, 0.717) is 12.1 Å². The number of carbonyl (C=O) groups excluding carboxylic acids is 1. The first-order valence-electron chi connectivity index (χ1n) is 10.5. The highest BCUT2D eigenvalue weighted by molar-refractivity contribution is 5.97. The van der Waals surface area contributed by atoms with Crippen molar-refractivity contribution < 1.29 is 14.0 Å². The first-order valence-corrected chi connectivity index (χ1v) is 10.5. The van der Waals surface area contributed by atoms with Crippen molar-refractivity contribution in [3.05, 3.63) is 102 Å². The summed E-state index contributed by atoms with van der Waals surface area (Å²) in [7, 11) is 0. The third-order valence-electron chi connectivity index (χ3n) is 5.21. The highest BCUT2D eigenvalue weighted by atomic mass is 19.1. The van der Waals surface area contributed by atoms with Gasteiger partial charge in [0.15, 0.2) is 12.4 Å². The Hall–Kier alpha value is -4.20. The molecular weight excluding hydrogens is 421 g/mol. The SMILES string of the molecule is C[C@@H](NC(=O)CO/N=C(/N)c1cccc(Cn2cnc3ccccc32)c1)c1ccc(F)cc1.